The van der Waals surface area contributed by atoms with E-state index in [1.165, 1.54) is 11.1 Å². The molecule has 0 radical (unpaired) electrons. The summed E-state index contributed by atoms with van der Waals surface area (Å²) >= 11 is 0. The van der Waals surface area contributed by atoms with E-state index in [1.807, 2.05) is 18.2 Å². The molecule has 0 fully saturated rings. The molecule has 0 spiro atoms. The molecule has 3 rings (SSSR count). The summed E-state index contributed by atoms with van der Waals surface area (Å²) in [6, 6.07) is 17.7. The Kier molecular flexibility index (Phi) is 4.20. The third-order valence-electron chi connectivity index (χ3n) is 3.74. The van der Waals surface area contributed by atoms with Gasteiger partial charge in [-0.3, -0.25) is 0 Å². The Morgan fingerprint density at radius 2 is 1.71 bits per heavy atom. The second kappa shape index (κ2) is 6.44. The summed E-state index contributed by atoms with van der Waals surface area (Å²) in [7, 11) is 0. The van der Waals surface area contributed by atoms with Crippen LogP contribution in [0.5, 0.6) is 5.75 Å². The van der Waals surface area contributed by atoms with Gasteiger partial charge in [0, 0.05) is 12.8 Å². The van der Waals surface area contributed by atoms with Gasteiger partial charge in [0.25, 0.3) is 0 Å². The molecule has 2 aromatic carbocycles. The molecule has 21 heavy (non-hydrogen) atoms. The molecule has 1 aliphatic rings. The second-order valence-corrected chi connectivity index (χ2v) is 5.45. The standard InChI is InChI=1S/C18H19NO2/c20-17-10-7-14(8-11-17)6-9-16-13-18(21-19-16)12-15-4-2-1-3-5-15/h1-5,7-8,10-11,18,20H,6,9,12-13H2. The van der Waals surface area contributed by atoms with Crippen LogP contribution < -0.4 is 0 Å². The molecule has 0 aliphatic carbocycles. The first kappa shape index (κ1) is 13.7. The monoisotopic (exact) mass is 281 g/mol. The van der Waals surface area contributed by atoms with Crippen molar-refractivity contribution < 1.29 is 9.94 Å². The van der Waals surface area contributed by atoms with E-state index < -0.39 is 0 Å². The fourth-order valence-corrected chi connectivity index (χ4v) is 2.57. The molecule has 1 unspecified atom stereocenters. The van der Waals surface area contributed by atoms with E-state index in [1.54, 1.807) is 12.1 Å². The molecule has 2 aromatic rings. The third-order valence-corrected chi connectivity index (χ3v) is 3.74. The van der Waals surface area contributed by atoms with Crippen LogP contribution in [-0.4, -0.2) is 16.9 Å². The number of aromatic hydroxyl groups is 1. The van der Waals surface area contributed by atoms with Crippen molar-refractivity contribution in [2.75, 3.05) is 0 Å². The number of aryl methyl sites for hydroxylation is 1. The first-order chi connectivity index (χ1) is 10.3. The molecule has 3 heteroatoms. The van der Waals surface area contributed by atoms with Gasteiger partial charge in [-0.05, 0) is 36.1 Å². The van der Waals surface area contributed by atoms with Crippen molar-refractivity contribution in [3.05, 3.63) is 65.7 Å². The SMILES string of the molecule is Oc1ccc(CCC2=NOC(Cc3ccccc3)C2)cc1. The van der Waals surface area contributed by atoms with Crippen LogP contribution in [-0.2, 0) is 17.7 Å². The fourth-order valence-electron chi connectivity index (χ4n) is 2.57. The van der Waals surface area contributed by atoms with Gasteiger partial charge in [0.05, 0.1) is 5.71 Å². The minimum atomic E-state index is 0.169. The fraction of sp³-hybridized carbons (Fsp3) is 0.278. The number of rotatable bonds is 5. The molecule has 3 nitrogen and oxygen atoms in total. The Morgan fingerprint density at radius 3 is 2.48 bits per heavy atom. The number of phenols is 1. The van der Waals surface area contributed by atoms with Crippen molar-refractivity contribution in [3.63, 3.8) is 0 Å². The van der Waals surface area contributed by atoms with Crippen molar-refractivity contribution in [3.8, 4) is 5.75 Å². The minimum absolute atomic E-state index is 0.169. The molecule has 1 aliphatic heterocycles. The molecule has 0 bridgehead atoms. The highest BCUT2D eigenvalue weighted by molar-refractivity contribution is 5.85. The lowest BCUT2D eigenvalue weighted by molar-refractivity contribution is 0.0859. The minimum Gasteiger partial charge on any atom is -0.508 e. The van der Waals surface area contributed by atoms with Gasteiger partial charge in [0.2, 0.25) is 0 Å². The number of oxime groups is 1. The highest BCUT2D eigenvalue weighted by Crippen LogP contribution is 2.19. The lowest BCUT2D eigenvalue weighted by atomic mass is 10.0. The van der Waals surface area contributed by atoms with Crippen molar-refractivity contribution in [1.82, 2.24) is 0 Å². The quantitative estimate of drug-likeness (QED) is 0.907. The predicted octanol–water partition coefficient (Wildman–Crippen LogP) is 3.71. The Hall–Kier alpha value is -2.29. The molecule has 1 atom stereocenters. The Labute approximate surface area is 124 Å². The van der Waals surface area contributed by atoms with Gasteiger partial charge >= 0.3 is 0 Å². The Bertz CT molecular complexity index is 605. The van der Waals surface area contributed by atoms with Crippen LogP contribution in [0.25, 0.3) is 0 Å². The van der Waals surface area contributed by atoms with E-state index in [9.17, 15) is 5.11 Å². The van der Waals surface area contributed by atoms with Crippen LogP contribution in [0, 0.1) is 0 Å². The number of hydrogen-bond acceptors (Lipinski definition) is 3. The summed E-state index contributed by atoms with van der Waals surface area (Å²) in [6.45, 7) is 0. The summed E-state index contributed by atoms with van der Waals surface area (Å²) in [5, 5.41) is 13.5. The van der Waals surface area contributed by atoms with Gasteiger partial charge in [0.15, 0.2) is 0 Å². The molecule has 108 valence electrons. The lowest BCUT2D eigenvalue weighted by Gasteiger charge is -2.07. The first-order valence-electron chi connectivity index (χ1n) is 7.33. The molecule has 1 N–H and O–H groups in total. The zero-order valence-corrected chi connectivity index (χ0v) is 11.9. The number of nitrogens with zero attached hydrogens (tertiary/aromatic N) is 1. The smallest absolute Gasteiger partial charge is 0.136 e. The van der Waals surface area contributed by atoms with E-state index in [-0.39, 0.29) is 6.10 Å². The molecule has 0 aromatic heterocycles. The highest BCUT2D eigenvalue weighted by atomic mass is 16.6. The van der Waals surface area contributed by atoms with Crippen molar-refractivity contribution in [2.24, 2.45) is 5.16 Å². The van der Waals surface area contributed by atoms with Crippen LogP contribution in [0.4, 0.5) is 0 Å². The number of benzene rings is 2. The maximum Gasteiger partial charge on any atom is 0.136 e. The average molecular weight is 281 g/mol. The summed E-state index contributed by atoms with van der Waals surface area (Å²) in [5.74, 6) is 0.309. The topological polar surface area (TPSA) is 41.8 Å². The predicted molar refractivity (Wildman–Crippen MR) is 83.5 cm³/mol. The lowest BCUT2D eigenvalue weighted by Crippen LogP contribution is -2.11. The Morgan fingerprint density at radius 1 is 0.952 bits per heavy atom. The van der Waals surface area contributed by atoms with E-state index >= 15 is 0 Å². The molecular formula is C18H19NO2. The van der Waals surface area contributed by atoms with Crippen LogP contribution >= 0.6 is 0 Å². The summed E-state index contributed by atoms with van der Waals surface area (Å²) in [4.78, 5) is 5.53. The molecule has 0 saturated heterocycles. The van der Waals surface area contributed by atoms with E-state index in [0.29, 0.717) is 5.75 Å². The molecule has 0 amide bonds. The zero-order valence-electron chi connectivity index (χ0n) is 11.9. The zero-order chi connectivity index (χ0) is 14.5. The van der Waals surface area contributed by atoms with Crippen LogP contribution in [0.1, 0.15) is 24.0 Å². The number of phenolic OH excluding ortho intramolecular Hbond substituents is 1. The summed E-state index contributed by atoms with van der Waals surface area (Å²) in [5.41, 5.74) is 3.63. The normalized spacial score (nSPS) is 17.3. The van der Waals surface area contributed by atoms with Gasteiger partial charge in [-0.25, -0.2) is 0 Å². The van der Waals surface area contributed by atoms with Gasteiger partial charge in [-0.15, -0.1) is 0 Å². The van der Waals surface area contributed by atoms with Gasteiger partial charge in [-0.2, -0.15) is 0 Å². The van der Waals surface area contributed by atoms with Crippen molar-refractivity contribution in [1.29, 1.82) is 0 Å². The van der Waals surface area contributed by atoms with E-state index in [0.717, 1.165) is 31.4 Å². The largest absolute Gasteiger partial charge is 0.508 e. The molecular weight excluding hydrogens is 262 g/mol. The van der Waals surface area contributed by atoms with Crippen molar-refractivity contribution >= 4 is 5.71 Å². The third kappa shape index (κ3) is 3.85. The van der Waals surface area contributed by atoms with Gasteiger partial charge in [0.1, 0.15) is 11.9 Å². The van der Waals surface area contributed by atoms with Crippen LogP contribution in [0.3, 0.4) is 0 Å². The summed E-state index contributed by atoms with van der Waals surface area (Å²) < 4.78 is 0. The number of hydrogen-bond donors (Lipinski definition) is 1. The Balaban J connectivity index is 1.47. The first-order valence-corrected chi connectivity index (χ1v) is 7.33. The summed E-state index contributed by atoms with van der Waals surface area (Å²) in [6.07, 6.45) is 3.83. The van der Waals surface area contributed by atoms with Crippen LogP contribution in [0.2, 0.25) is 0 Å². The van der Waals surface area contributed by atoms with E-state index in [2.05, 4.69) is 29.4 Å². The van der Waals surface area contributed by atoms with Gasteiger partial charge < -0.3 is 9.94 Å². The van der Waals surface area contributed by atoms with E-state index in [4.69, 9.17) is 4.84 Å². The second-order valence-electron chi connectivity index (χ2n) is 5.45. The van der Waals surface area contributed by atoms with Crippen LogP contribution in [0.15, 0.2) is 59.8 Å². The maximum absolute atomic E-state index is 9.27. The average Bonchev–Trinajstić information content (AvgIpc) is 2.95. The van der Waals surface area contributed by atoms with Gasteiger partial charge in [-0.1, -0.05) is 47.6 Å². The highest BCUT2D eigenvalue weighted by Gasteiger charge is 2.20. The molecule has 0 saturated carbocycles. The maximum atomic E-state index is 9.27. The molecule has 1 heterocycles. The van der Waals surface area contributed by atoms with Crippen molar-refractivity contribution in [2.45, 2.75) is 31.8 Å².